The summed E-state index contributed by atoms with van der Waals surface area (Å²) in [5, 5.41) is 22.9. The fraction of sp³-hybridized carbons (Fsp3) is 0.308. The van der Waals surface area contributed by atoms with E-state index in [9.17, 15) is 10.2 Å². The molecule has 0 N–H and O–H groups in total. The van der Waals surface area contributed by atoms with Gasteiger partial charge in [0.2, 0.25) is 0 Å². The van der Waals surface area contributed by atoms with Crippen LogP contribution in [-0.2, 0) is 5.41 Å². The molecule has 0 saturated heterocycles. The standard InChI is InChI=1S/C13H13NO2S3.Ca/c1-2-13(12(16)18,7-10(15)17)11-14-8-5-3-4-6-9(8)19-11;/h3-6H,2,7H2,1H3,(H,15,17)(H,16,18);/q;+2/p-2. The minimum Gasteiger partial charge on any atom is -0.867 e. The van der Waals surface area contributed by atoms with Crippen molar-refractivity contribution in [3.8, 4) is 0 Å². The van der Waals surface area contributed by atoms with E-state index >= 15 is 0 Å². The molecule has 1 heterocycles. The molecule has 0 aliphatic heterocycles. The van der Waals surface area contributed by atoms with E-state index in [1.165, 1.54) is 11.3 Å². The maximum absolute atomic E-state index is 11.9. The summed E-state index contributed by atoms with van der Waals surface area (Å²) in [5.41, 5.74) is -0.230. The summed E-state index contributed by atoms with van der Waals surface area (Å²) in [4.78, 5) is 4.46. The Morgan fingerprint density at radius 2 is 1.95 bits per heavy atom. The number of aromatic nitrogens is 1. The second-order valence-electron chi connectivity index (χ2n) is 4.26. The van der Waals surface area contributed by atoms with Gasteiger partial charge in [-0.2, -0.15) is 0 Å². The van der Waals surface area contributed by atoms with Crippen LogP contribution in [0.5, 0.6) is 0 Å². The second-order valence-corrected chi connectivity index (χ2v) is 6.12. The Bertz CT molecular complexity index is 610. The Balaban J connectivity index is 0.00000200. The van der Waals surface area contributed by atoms with E-state index in [1.54, 1.807) is 0 Å². The van der Waals surface area contributed by atoms with Crippen molar-refractivity contribution >= 4 is 93.8 Å². The van der Waals surface area contributed by atoms with Crippen LogP contribution in [0, 0.1) is 0 Å². The van der Waals surface area contributed by atoms with Crippen molar-refractivity contribution in [1.82, 2.24) is 4.98 Å². The molecule has 0 bridgehead atoms. The average molecular weight is 350 g/mol. The zero-order valence-corrected chi connectivity index (χ0v) is 15.6. The summed E-state index contributed by atoms with van der Waals surface area (Å²) >= 11 is 10.9. The first-order chi connectivity index (χ1) is 8.99. The van der Waals surface area contributed by atoms with Gasteiger partial charge in [0.05, 0.1) is 10.2 Å². The third-order valence-corrected chi connectivity index (χ3v) is 4.92. The van der Waals surface area contributed by atoms with E-state index < -0.39 is 15.5 Å². The molecule has 100 valence electrons. The number of hydrogen-bond acceptors (Lipinski definition) is 6. The summed E-state index contributed by atoms with van der Waals surface area (Å²) in [5.74, 6) is 0. The number of fused-ring (bicyclic) bond motifs is 1. The van der Waals surface area contributed by atoms with Crippen molar-refractivity contribution in [3.05, 3.63) is 29.3 Å². The second kappa shape index (κ2) is 7.42. The van der Waals surface area contributed by atoms with Gasteiger partial charge < -0.3 is 10.2 Å². The first kappa shape index (κ1) is 18.2. The minimum atomic E-state index is -1.04. The molecule has 0 aliphatic carbocycles. The number of para-hydroxylation sites is 1. The largest absolute Gasteiger partial charge is 2.00 e. The molecule has 7 heteroatoms. The van der Waals surface area contributed by atoms with E-state index in [0.29, 0.717) is 11.4 Å². The molecule has 1 unspecified atom stereocenters. The first-order valence-corrected chi connectivity index (χ1v) is 7.40. The van der Waals surface area contributed by atoms with Crippen LogP contribution in [0.4, 0.5) is 0 Å². The predicted octanol–water partition coefficient (Wildman–Crippen LogP) is 1.33. The van der Waals surface area contributed by atoms with Crippen molar-refractivity contribution in [2.24, 2.45) is 0 Å². The van der Waals surface area contributed by atoms with Crippen LogP contribution in [-0.4, -0.2) is 52.8 Å². The Morgan fingerprint density at radius 3 is 2.45 bits per heavy atom. The van der Waals surface area contributed by atoms with Gasteiger partial charge >= 0.3 is 37.7 Å². The van der Waals surface area contributed by atoms with E-state index in [1.807, 2.05) is 31.2 Å². The zero-order chi connectivity index (χ0) is 14.0. The Hall–Kier alpha value is 0.150. The third kappa shape index (κ3) is 3.48. The average Bonchev–Trinajstić information content (AvgIpc) is 2.79. The van der Waals surface area contributed by atoms with E-state index in [-0.39, 0.29) is 44.2 Å². The van der Waals surface area contributed by atoms with Gasteiger partial charge in [0.15, 0.2) is 0 Å². The van der Waals surface area contributed by atoms with Gasteiger partial charge in [-0.25, -0.2) is 4.98 Å². The molecule has 2 rings (SSSR count). The number of hydrogen-bond donors (Lipinski definition) is 0. The van der Waals surface area contributed by atoms with Crippen LogP contribution in [0.2, 0.25) is 0 Å². The predicted molar refractivity (Wildman–Crippen MR) is 87.2 cm³/mol. The van der Waals surface area contributed by atoms with Gasteiger partial charge in [-0.05, 0) is 25.0 Å². The van der Waals surface area contributed by atoms with Crippen LogP contribution in [0.1, 0.15) is 24.8 Å². The smallest absolute Gasteiger partial charge is 0.867 e. The van der Waals surface area contributed by atoms with Gasteiger partial charge in [-0.3, -0.25) is 0 Å². The van der Waals surface area contributed by atoms with Crippen molar-refractivity contribution < 1.29 is 10.2 Å². The topological polar surface area (TPSA) is 59.0 Å². The van der Waals surface area contributed by atoms with Gasteiger partial charge in [0.25, 0.3) is 0 Å². The van der Waals surface area contributed by atoms with Crippen LogP contribution in [0.3, 0.4) is 0 Å². The number of thiazole rings is 1. The summed E-state index contributed by atoms with van der Waals surface area (Å²) in [6.07, 6.45) is 0.374. The van der Waals surface area contributed by atoms with Gasteiger partial charge in [0.1, 0.15) is 5.01 Å². The fourth-order valence-corrected chi connectivity index (χ4v) is 3.82. The van der Waals surface area contributed by atoms with E-state index in [0.717, 1.165) is 10.2 Å². The molecule has 0 amide bonds. The zero-order valence-electron chi connectivity index (χ0n) is 10.9. The molecule has 0 aliphatic rings. The minimum absolute atomic E-state index is 0. The van der Waals surface area contributed by atoms with Crippen molar-refractivity contribution in [2.45, 2.75) is 25.2 Å². The Labute approximate surface area is 162 Å². The maximum atomic E-state index is 11.9. The molecule has 0 spiro atoms. The first-order valence-electron chi connectivity index (χ1n) is 5.77. The van der Waals surface area contributed by atoms with Crippen LogP contribution in [0.15, 0.2) is 24.3 Å². The molecule has 0 radical (unpaired) electrons. The van der Waals surface area contributed by atoms with Crippen molar-refractivity contribution in [3.63, 3.8) is 0 Å². The number of rotatable bonds is 5. The molecule has 3 nitrogen and oxygen atoms in total. The maximum Gasteiger partial charge on any atom is 2.00 e. The van der Waals surface area contributed by atoms with Crippen molar-refractivity contribution in [1.29, 1.82) is 0 Å². The quantitative estimate of drug-likeness (QED) is 0.602. The fourth-order valence-electron chi connectivity index (χ4n) is 1.98. The molecular weight excluding hydrogens is 338 g/mol. The van der Waals surface area contributed by atoms with Gasteiger partial charge in [0, 0.05) is 5.41 Å². The van der Waals surface area contributed by atoms with Crippen molar-refractivity contribution in [2.75, 3.05) is 0 Å². The molecule has 0 fully saturated rings. The van der Waals surface area contributed by atoms with E-state index in [2.05, 4.69) is 17.2 Å². The SMILES string of the molecule is CCC(CC([O-])=S)(C([O-])=S)c1nc2ccccc2s1.[Ca+2]. The normalized spacial score (nSPS) is 13.4. The monoisotopic (exact) mass is 349 g/mol. The van der Waals surface area contributed by atoms with Crippen LogP contribution < -0.4 is 10.2 Å². The summed E-state index contributed by atoms with van der Waals surface area (Å²) in [6.45, 7) is 1.83. The molecule has 2 aromatic rings. The van der Waals surface area contributed by atoms with Crippen LogP contribution in [0.25, 0.3) is 10.2 Å². The molecular formula is C13H11CaNO2S3. The summed E-state index contributed by atoms with van der Waals surface area (Å²) in [7, 11) is 0. The number of thiocarbonyl (C=S) groups is 2. The molecule has 1 aromatic heterocycles. The summed E-state index contributed by atoms with van der Waals surface area (Å²) in [6, 6.07) is 7.60. The number of nitrogens with zero attached hydrogens (tertiary/aromatic N) is 1. The summed E-state index contributed by atoms with van der Waals surface area (Å²) < 4.78 is 0.975. The molecule has 0 saturated carbocycles. The van der Waals surface area contributed by atoms with Gasteiger partial charge in [-0.1, -0.05) is 29.2 Å². The van der Waals surface area contributed by atoms with Crippen LogP contribution >= 0.6 is 35.8 Å². The molecule has 1 atom stereocenters. The Kier molecular flexibility index (Phi) is 6.76. The number of benzene rings is 1. The molecule has 20 heavy (non-hydrogen) atoms. The third-order valence-electron chi connectivity index (χ3n) is 3.14. The van der Waals surface area contributed by atoms with E-state index in [4.69, 9.17) is 12.2 Å². The molecule has 1 aromatic carbocycles. The van der Waals surface area contributed by atoms with Gasteiger partial charge in [-0.15, -0.1) is 35.8 Å². The Morgan fingerprint density at radius 1 is 1.30 bits per heavy atom.